The molecule has 0 unspecified atom stereocenters. The van der Waals surface area contributed by atoms with Gasteiger partial charge in [-0.25, -0.2) is 20.4 Å². The third kappa shape index (κ3) is 4.77. The number of unbranched alkanes of at least 4 members (excludes halogenated alkanes) is 1. The van der Waals surface area contributed by atoms with E-state index in [9.17, 15) is 4.79 Å². The zero-order valence-electron chi connectivity index (χ0n) is 16.6. The molecular weight excluding hydrogens is 392 g/mol. The van der Waals surface area contributed by atoms with Crippen LogP contribution in [0.15, 0.2) is 34.6 Å². The van der Waals surface area contributed by atoms with Crippen LogP contribution in [0.4, 0.5) is 5.82 Å². The lowest BCUT2D eigenvalue weighted by molar-refractivity contribution is -0.129. The van der Waals surface area contributed by atoms with Crippen LogP contribution in [0.3, 0.4) is 0 Å². The van der Waals surface area contributed by atoms with E-state index >= 15 is 0 Å². The van der Waals surface area contributed by atoms with Crippen LogP contribution in [-0.4, -0.2) is 44.8 Å². The Morgan fingerprint density at radius 2 is 2.14 bits per heavy atom. The zero-order valence-corrected chi connectivity index (χ0v) is 17.4. The van der Waals surface area contributed by atoms with Gasteiger partial charge in [-0.2, -0.15) is 0 Å². The van der Waals surface area contributed by atoms with Crippen molar-refractivity contribution in [1.29, 1.82) is 0 Å². The average Bonchev–Trinajstić information content (AvgIpc) is 3.09. The van der Waals surface area contributed by atoms with Crippen LogP contribution in [0, 0.1) is 6.92 Å². The van der Waals surface area contributed by atoms with E-state index in [1.165, 1.54) is 6.33 Å². The maximum absolute atomic E-state index is 11.2. The summed E-state index contributed by atoms with van der Waals surface area (Å²) < 4.78 is 7.39. The highest BCUT2D eigenvalue weighted by Gasteiger charge is 2.17. The number of nitrogens with zero attached hydrogens (tertiary/aromatic N) is 4. The third-order valence-electron chi connectivity index (χ3n) is 4.49. The molecule has 0 fully saturated rings. The Hall–Kier alpha value is -2.85. The van der Waals surface area contributed by atoms with Gasteiger partial charge in [0.2, 0.25) is 5.91 Å². The van der Waals surface area contributed by atoms with E-state index in [2.05, 4.69) is 15.3 Å². The predicted octanol–water partition coefficient (Wildman–Crippen LogP) is 3.01. The number of carbonyl (C=O) groups is 1. The van der Waals surface area contributed by atoms with Gasteiger partial charge in [-0.3, -0.25) is 10.0 Å². The number of ether oxygens (including phenoxy) is 1. The maximum Gasteiger partial charge on any atom is 0.243 e. The average molecular weight is 417 g/mol. The fourth-order valence-electron chi connectivity index (χ4n) is 2.91. The Bertz CT molecular complexity index is 1010. The van der Waals surface area contributed by atoms with Crippen LogP contribution >= 0.6 is 11.8 Å². The third-order valence-corrected chi connectivity index (χ3v) is 5.64. The van der Waals surface area contributed by atoms with Crippen molar-refractivity contribution < 1.29 is 14.7 Å². The normalized spacial score (nSPS) is 10.9. The van der Waals surface area contributed by atoms with Crippen molar-refractivity contribution >= 4 is 34.7 Å². The van der Waals surface area contributed by atoms with Crippen molar-refractivity contribution in [2.24, 2.45) is 0 Å². The molecule has 1 amide bonds. The van der Waals surface area contributed by atoms with Crippen LogP contribution in [0.2, 0.25) is 0 Å². The van der Waals surface area contributed by atoms with Crippen molar-refractivity contribution in [3.63, 3.8) is 0 Å². The lowest BCUT2D eigenvalue weighted by atomic mass is 10.2. The summed E-state index contributed by atoms with van der Waals surface area (Å²) in [5.41, 5.74) is 4.22. The smallest absolute Gasteiger partial charge is 0.243 e. The summed E-state index contributed by atoms with van der Waals surface area (Å²) in [6.07, 6.45) is 3.15. The van der Waals surface area contributed by atoms with Gasteiger partial charge in [0.1, 0.15) is 12.1 Å². The molecule has 0 atom stereocenters. The Kier molecular flexibility index (Phi) is 6.89. The topological polar surface area (TPSA) is 114 Å². The Morgan fingerprint density at radius 1 is 1.31 bits per heavy atom. The number of methoxy groups -OCH3 is 1. The van der Waals surface area contributed by atoms with Gasteiger partial charge >= 0.3 is 0 Å². The summed E-state index contributed by atoms with van der Waals surface area (Å²) in [4.78, 5) is 25.8. The molecule has 3 rings (SSSR count). The highest BCUT2D eigenvalue weighted by molar-refractivity contribution is 7.99. The number of imidazole rings is 1. The number of aromatic nitrogens is 4. The molecule has 154 valence electrons. The number of fused-ring (bicyclic) bond motifs is 1. The molecule has 9 nitrogen and oxygen atoms in total. The lowest BCUT2D eigenvalue weighted by Gasteiger charge is -2.10. The van der Waals surface area contributed by atoms with Crippen LogP contribution in [-0.2, 0) is 11.3 Å². The molecule has 0 aliphatic rings. The fourth-order valence-corrected chi connectivity index (χ4v) is 3.93. The van der Waals surface area contributed by atoms with Crippen molar-refractivity contribution in [2.75, 3.05) is 19.5 Å². The molecule has 29 heavy (non-hydrogen) atoms. The number of rotatable bonds is 9. The quantitative estimate of drug-likeness (QED) is 0.277. The number of amides is 1. The van der Waals surface area contributed by atoms with E-state index in [0.29, 0.717) is 24.3 Å². The van der Waals surface area contributed by atoms with Crippen molar-refractivity contribution in [3.8, 4) is 5.75 Å². The van der Waals surface area contributed by atoms with E-state index in [4.69, 9.17) is 14.9 Å². The van der Waals surface area contributed by atoms with Gasteiger partial charge in [0.05, 0.1) is 7.11 Å². The number of carbonyl (C=O) groups excluding carboxylic acids is 1. The largest absolute Gasteiger partial charge is 0.497 e. The second-order valence-electron chi connectivity index (χ2n) is 6.42. The van der Waals surface area contributed by atoms with E-state index in [0.717, 1.165) is 33.4 Å². The number of hydroxylamine groups is 1. The van der Waals surface area contributed by atoms with Gasteiger partial charge in [0.25, 0.3) is 0 Å². The minimum Gasteiger partial charge on any atom is -0.497 e. The SMILES string of the molecule is CNc1ncnc2c1nc(Sc1cc(OC)ccc1C)n2CCCCC(=O)NO. The first-order valence-corrected chi connectivity index (χ1v) is 10.0. The molecule has 0 aliphatic carbocycles. The van der Waals surface area contributed by atoms with Gasteiger partial charge in [-0.1, -0.05) is 17.8 Å². The summed E-state index contributed by atoms with van der Waals surface area (Å²) in [6, 6.07) is 5.93. The maximum atomic E-state index is 11.2. The Morgan fingerprint density at radius 3 is 2.86 bits per heavy atom. The van der Waals surface area contributed by atoms with Gasteiger partial charge in [-0.15, -0.1) is 0 Å². The van der Waals surface area contributed by atoms with Crippen LogP contribution in [0.25, 0.3) is 11.2 Å². The summed E-state index contributed by atoms with van der Waals surface area (Å²) in [5, 5.41) is 12.5. The number of hydrogen-bond acceptors (Lipinski definition) is 8. The number of hydrogen-bond donors (Lipinski definition) is 3. The van der Waals surface area contributed by atoms with E-state index in [1.54, 1.807) is 31.4 Å². The van der Waals surface area contributed by atoms with Crippen molar-refractivity contribution in [2.45, 2.75) is 42.8 Å². The first kappa shape index (κ1) is 20.9. The highest BCUT2D eigenvalue weighted by Crippen LogP contribution is 2.35. The standard InChI is InChI=1S/C19H24N6O3S/c1-12-7-8-13(28-3)10-14(12)29-19-23-16-17(20-2)21-11-22-18(16)25(19)9-5-4-6-15(26)24-27/h7-8,10-11,27H,4-6,9H2,1-3H3,(H,24,26)(H,20,21,22). The molecule has 2 aromatic heterocycles. The molecule has 0 aliphatic heterocycles. The summed E-state index contributed by atoms with van der Waals surface area (Å²) >= 11 is 1.54. The second-order valence-corrected chi connectivity index (χ2v) is 7.43. The molecule has 0 radical (unpaired) electrons. The molecule has 3 N–H and O–H groups in total. The van der Waals surface area contributed by atoms with E-state index < -0.39 is 0 Å². The number of benzene rings is 1. The van der Waals surface area contributed by atoms with Gasteiger partial charge < -0.3 is 14.6 Å². The predicted molar refractivity (Wildman–Crippen MR) is 111 cm³/mol. The minimum absolute atomic E-state index is 0.261. The summed E-state index contributed by atoms with van der Waals surface area (Å²) in [6.45, 7) is 2.68. The molecule has 3 aromatic rings. The van der Waals surface area contributed by atoms with Gasteiger partial charge in [0, 0.05) is 24.9 Å². The molecule has 2 heterocycles. The second kappa shape index (κ2) is 9.57. The van der Waals surface area contributed by atoms with Crippen LogP contribution in [0.1, 0.15) is 24.8 Å². The summed E-state index contributed by atoms with van der Waals surface area (Å²) in [7, 11) is 3.44. The number of anilines is 1. The van der Waals surface area contributed by atoms with E-state index in [1.807, 2.05) is 29.7 Å². The molecule has 0 bridgehead atoms. The summed E-state index contributed by atoms with van der Waals surface area (Å²) in [5.74, 6) is 1.06. The first-order valence-electron chi connectivity index (χ1n) is 9.21. The molecule has 1 aromatic carbocycles. The molecule has 0 saturated heterocycles. The van der Waals surface area contributed by atoms with Crippen molar-refractivity contribution in [1.82, 2.24) is 25.0 Å². The highest BCUT2D eigenvalue weighted by atomic mass is 32.2. The Labute approximate surface area is 172 Å². The van der Waals surface area contributed by atoms with Gasteiger partial charge in [-0.05, 0) is 37.5 Å². The van der Waals surface area contributed by atoms with Crippen LogP contribution < -0.4 is 15.5 Å². The minimum atomic E-state index is -0.387. The van der Waals surface area contributed by atoms with Gasteiger partial charge in [0.15, 0.2) is 22.1 Å². The molecule has 0 saturated carbocycles. The zero-order chi connectivity index (χ0) is 20.8. The van der Waals surface area contributed by atoms with Crippen molar-refractivity contribution in [3.05, 3.63) is 30.1 Å². The lowest BCUT2D eigenvalue weighted by Crippen LogP contribution is -2.18. The molecule has 10 heteroatoms. The van der Waals surface area contributed by atoms with E-state index in [-0.39, 0.29) is 12.3 Å². The monoisotopic (exact) mass is 416 g/mol. The van der Waals surface area contributed by atoms with Crippen LogP contribution in [0.5, 0.6) is 5.75 Å². The number of nitrogens with one attached hydrogen (secondary N) is 2. The number of aryl methyl sites for hydroxylation is 2. The first-order chi connectivity index (χ1) is 14.1. The fraction of sp³-hybridized carbons (Fsp3) is 0.368. The molecule has 0 spiro atoms. The Balaban J connectivity index is 1.93. The molecular formula is C19H24N6O3S.